The highest BCUT2D eigenvalue weighted by molar-refractivity contribution is 5.92. The minimum Gasteiger partial charge on any atom is -0.361 e. The first kappa shape index (κ1) is 9.73. The Balaban J connectivity index is 2.49. The van der Waals surface area contributed by atoms with Gasteiger partial charge in [-0.15, -0.1) is 0 Å². The van der Waals surface area contributed by atoms with E-state index in [2.05, 4.69) is 10.5 Å². The zero-order valence-electron chi connectivity index (χ0n) is 7.70. The van der Waals surface area contributed by atoms with Gasteiger partial charge in [0.1, 0.15) is 5.76 Å². The predicted octanol–water partition coefficient (Wildman–Crippen LogP) is 0.0600. The molecule has 1 heterocycles. The topological polar surface area (TPSA) is 81.2 Å². The molecule has 1 aromatic heterocycles. The molecule has 0 aliphatic rings. The van der Waals surface area contributed by atoms with Crippen molar-refractivity contribution < 1.29 is 9.32 Å². The highest BCUT2D eigenvalue weighted by Gasteiger charge is 2.10. The zero-order valence-corrected chi connectivity index (χ0v) is 7.70. The Morgan fingerprint density at radius 3 is 3.00 bits per heavy atom. The fourth-order valence-electron chi connectivity index (χ4n) is 0.818. The first-order valence-corrected chi connectivity index (χ1v) is 4.06. The normalized spacial score (nSPS) is 12.5. The maximum absolute atomic E-state index is 11.3. The molecule has 0 aliphatic carbocycles. The van der Waals surface area contributed by atoms with Crippen molar-refractivity contribution in [1.29, 1.82) is 0 Å². The van der Waals surface area contributed by atoms with E-state index in [9.17, 15) is 4.79 Å². The average molecular weight is 183 g/mol. The van der Waals surface area contributed by atoms with Gasteiger partial charge in [0.15, 0.2) is 5.69 Å². The Bertz CT molecular complexity index is 293. The Morgan fingerprint density at radius 2 is 2.54 bits per heavy atom. The van der Waals surface area contributed by atoms with Gasteiger partial charge in [-0.2, -0.15) is 0 Å². The molecule has 13 heavy (non-hydrogen) atoms. The zero-order chi connectivity index (χ0) is 9.84. The van der Waals surface area contributed by atoms with Crippen LogP contribution < -0.4 is 11.1 Å². The second kappa shape index (κ2) is 4.04. The van der Waals surface area contributed by atoms with Crippen LogP contribution in [0.5, 0.6) is 0 Å². The van der Waals surface area contributed by atoms with E-state index >= 15 is 0 Å². The molecule has 1 atom stereocenters. The molecule has 0 saturated carbocycles. The molecule has 1 unspecified atom stereocenters. The van der Waals surface area contributed by atoms with Crippen molar-refractivity contribution in [2.75, 3.05) is 6.54 Å². The van der Waals surface area contributed by atoms with Gasteiger partial charge in [-0.05, 0) is 13.8 Å². The largest absolute Gasteiger partial charge is 0.361 e. The summed E-state index contributed by atoms with van der Waals surface area (Å²) in [5.74, 6) is 0.361. The van der Waals surface area contributed by atoms with E-state index in [1.807, 2.05) is 6.92 Å². The molecular formula is C8H13N3O2. The summed E-state index contributed by atoms with van der Waals surface area (Å²) in [7, 11) is 0. The third-order valence-corrected chi connectivity index (χ3v) is 1.45. The van der Waals surface area contributed by atoms with Crippen LogP contribution in [-0.4, -0.2) is 23.7 Å². The van der Waals surface area contributed by atoms with E-state index in [-0.39, 0.29) is 17.6 Å². The number of carbonyl (C=O) groups excluding carboxylic acids is 1. The quantitative estimate of drug-likeness (QED) is 0.694. The summed E-state index contributed by atoms with van der Waals surface area (Å²) in [6.07, 6.45) is 0. The van der Waals surface area contributed by atoms with Crippen LogP contribution in [0.1, 0.15) is 23.2 Å². The molecule has 0 fully saturated rings. The fraction of sp³-hybridized carbons (Fsp3) is 0.500. The molecule has 1 aromatic rings. The van der Waals surface area contributed by atoms with Crippen molar-refractivity contribution in [1.82, 2.24) is 10.5 Å². The van der Waals surface area contributed by atoms with Crippen LogP contribution in [0.25, 0.3) is 0 Å². The van der Waals surface area contributed by atoms with Gasteiger partial charge in [-0.25, -0.2) is 0 Å². The smallest absolute Gasteiger partial charge is 0.273 e. The molecule has 1 rings (SSSR count). The number of carbonyl (C=O) groups is 1. The van der Waals surface area contributed by atoms with Gasteiger partial charge >= 0.3 is 0 Å². The lowest BCUT2D eigenvalue weighted by molar-refractivity contribution is 0.0942. The highest BCUT2D eigenvalue weighted by Crippen LogP contribution is 2.00. The number of hydrogen-bond acceptors (Lipinski definition) is 4. The van der Waals surface area contributed by atoms with Gasteiger partial charge in [0.25, 0.3) is 5.91 Å². The molecule has 1 amide bonds. The SMILES string of the molecule is Cc1cc(C(=O)NCC(C)N)no1. The molecule has 5 heteroatoms. The number of hydrogen-bond donors (Lipinski definition) is 2. The summed E-state index contributed by atoms with van der Waals surface area (Å²) in [4.78, 5) is 11.3. The Kier molecular flexibility index (Phi) is 3.02. The van der Waals surface area contributed by atoms with Crippen molar-refractivity contribution in [3.63, 3.8) is 0 Å². The maximum Gasteiger partial charge on any atom is 0.273 e. The molecule has 72 valence electrons. The van der Waals surface area contributed by atoms with Crippen LogP contribution in [0.4, 0.5) is 0 Å². The molecular weight excluding hydrogens is 170 g/mol. The van der Waals surface area contributed by atoms with Crippen molar-refractivity contribution >= 4 is 5.91 Å². The lowest BCUT2D eigenvalue weighted by Crippen LogP contribution is -2.35. The third kappa shape index (κ3) is 2.87. The number of aryl methyl sites for hydroxylation is 1. The first-order chi connectivity index (χ1) is 6.09. The van der Waals surface area contributed by atoms with Crippen molar-refractivity contribution in [2.24, 2.45) is 5.73 Å². The van der Waals surface area contributed by atoms with E-state index in [1.165, 1.54) is 0 Å². The van der Waals surface area contributed by atoms with Crippen molar-refractivity contribution in [2.45, 2.75) is 19.9 Å². The van der Waals surface area contributed by atoms with Gasteiger partial charge in [0.05, 0.1) is 0 Å². The number of nitrogens with zero attached hydrogens (tertiary/aromatic N) is 1. The summed E-state index contributed by atoms with van der Waals surface area (Å²) >= 11 is 0. The van der Waals surface area contributed by atoms with Crippen LogP contribution in [-0.2, 0) is 0 Å². The van der Waals surface area contributed by atoms with E-state index < -0.39 is 0 Å². The second-order valence-electron chi connectivity index (χ2n) is 3.01. The molecule has 0 bridgehead atoms. The van der Waals surface area contributed by atoms with E-state index in [0.29, 0.717) is 12.3 Å². The fourth-order valence-corrected chi connectivity index (χ4v) is 0.818. The summed E-state index contributed by atoms with van der Waals surface area (Å²) in [5.41, 5.74) is 5.76. The first-order valence-electron chi connectivity index (χ1n) is 4.06. The van der Waals surface area contributed by atoms with Crippen molar-refractivity contribution in [3.8, 4) is 0 Å². The van der Waals surface area contributed by atoms with Gasteiger partial charge in [-0.1, -0.05) is 5.16 Å². The number of amides is 1. The Labute approximate surface area is 76.3 Å². The van der Waals surface area contributed by atoms with Gasteiger partial charge in [0.2, 0.25) is 0 Å². The summed E-state index contributed by atoms with van der Waals surface area (Å²) < 4.78 is 4.75. The maximum atomic E-state index is 11.3. The van der Waals surface area contributed by atoms with Crippen LogP contribution in [0.3, 0.4) is 0 Å². The second-order valence-corrected chi connectivity index (χ2v) is 3.01. The molecule has 3 N–H and O–H groups in total. The monoisotopic (exact) mass is 183 g/mol. The molecule has 0 aromatic carbocycles. The van der Waals surface area contributed by atoms with Gasteiger partial charge in [-0.3, -0.25) is 4.79 Å². The Hall–Kier alpha value is -1.36. The summed E-state index contributed by atoms with van der Waals surface area (Å²) in [5, 5.41) is 6.19. The number of rotatable bonds is 3. The third-order valence-electron chi connectivity index (χ3n) is 1.45. The minimum absolute atomic E-state index is 0.0584. The van der Waals surface area contributed by atoms with Crippen LogP contribution in [0, 0.1) is 6.92 Å². The van der Waals surface area contributed by atoms with Crippen LogP contribution in [0.15, 0.2) is 10.6 Å². The minimum atomic E-state index is -0.255. The Morgan fingerprint density at radius 1 is 1.85 bits per heavy atom. The van der Waals surface area contributed by atoms with Crippen LogP contribution >= 0.6 is 0 Å². The van der Waals surface area contributed by atoms with E-state index in [0.717, 1.165) is 0 Å². The number of nitrogens with two attached hydrogens (primary N) is 1. The van der Waals surface area contributed by atoms with Crippen molar-refractivity contribution in [3.05, 3.63) is 17.5 Å². The van der Waals surface area contributed by atoms with E-state index in [1.54, 1.807) is 13.0 Å². The molecule has 0 spiro atoms. The van der Waals surface area contributed by atoms with E-state index in [4.69, 9.17) is 10.3 Å². The van der Waals surface area contributed by atoms with Gasteiger partial charge < -0.3 is 15.6 Å². The highest BCUT2D eigenvalue weighted by atomic mass is 16.5. The lowest BCUT2D eigenvalue weighted by atomic mass is 10.3. The van der Waals surface area contributed by atoms with Crippen LogP contribution in [0.2, 0.25) is 0 Å². The number of nitrogens with one attached hydrogen (secondary N) is 1. The summed E-state index contributed by atoms with van der Waals surface area (Å²) in [6.45, 7) is 3.98. The average Bonchev–Trinajstić information content (AvgIpc) is 2.47. The molecule has 0 aliphatic heterocycles. The predicted molar refractivity (Wildman–Crippen MR) is 47.2 cm³/mol. The standard InChI is InChI=1S/C8H13N3O2/c1-5(9)4-10-8(12)7-3-6(2)13-11-7/h3,5H,4,9H2,1-2H3,(H,10,12). The lowest BCUT2D eigenvalue weighted by Gasteiger charge is -2.04. The number of aromatic nitrogens is 1. The molecule has 0 radical (unpaired) electrons. The molecule has 5 nitrogen and oxygen atoms in total. The summed E-state index contributed by atoms with van der Waals surface area (Å²) in [6, 6.07) is 1.52. The molecule has 0 saturated heterocycles. The van der Waals surface area contributed by atoms with Gasteiger partial charge in [0, 0.05) is 18.7 Å².